The van der Waals surface area contributed by atoms with Gasteiger partial charge in [0.2, 0.25) is 0 Å². The predicted molar refractivity (Wildman–Crippen MR) is 73.6 cm³/mol. The molecule has 1 aromatic carbocycles. The first kappa shape index (κ1) is 11.3. The SMILES string of the molecule is Clc1ccc(Nc2ccc3c(c2)CCCN3)nn1. The highest BCUT2D eigenvalue weighted by Gasteiger charge is 2.08. The summed E-state index contributed by atoms with van der Waals surface area (Å²) in [6, 6.07) is 9.81. The predicted octanol–water partition coefficient (Wildman–Crippen LogP) is 3.23. The van der Waals surface area contributed by atoms with Gasteiger partial charge in [-0.2, -0.15) is 0 Å². The van der Waals surface area contributed by atoms with Gasteiger partial charge in [-0.3, -0.25) is 0 Å². The summed E-state index contributed by atoms with van der Waals surface area (Å²) in [4.78, 5) is 0. The number of aryl methyl sites for hydroxylation is 1. The fourth-order valence-corrected chi connectivity index (χ4v) is 2.18. The summed E-state index contributed by atoms with van der Waals surface area (Å²) in [5.74, 6) is 0.697. The molecule has 2 aromatic rings. The van der Waals surface area contributed by atoms with Crippen molar-refractivity contribution in [3.8, 4) is 0 Å². The van der Waals surface area contributed by atoms with Gasteiger partial charge in [0, 0.05) is 17.9 Å². The van der Waals surface area contributed by atoms with Gasteiger partial charge in [0.05, 0.1) is 0 Å². The lowest BCUT2D eigenvalue weighted by Crippen LogP contribution is -2.11. The van der Waals surface area contributed by atoms with Crippen molar-refractivity contribution in [2.45, 2.75) is 12.8 Å². The molecule has 0 aliphatic carbocycles. The second kappa shape index (κ2) is 4.82. The van der Waals surface area contributed by atoms with Gasteiger partial charge in [-0.25, -0.2) is 0 Å². The summed E-state index contributed by atoms with van der Waals surface area (Å²) in [5, 5.41) is 14.8. The number of fused-ring (bicyclic) bond motifs is 1. The second-order valence-electron chi connectivity index (χ2n) is 4.27. The summed E-state index contributed by atoms with van der Waals surface area (Å²) in [5.41, 5.74) is 3.59. The first-order chi connectivity index (χ1) is 8.81. The van der Waals surface area contributed by atoms with Crippen molar-refractivity contribution in [3.05, 3.63) is 41.0 Å². The zero-order valence-electron chi connectivity index (χ0n) is 9.78. The number of nitrogens with zero attached hydrogens (tertiary/aromatic N) is 2. The number of hydrogen-bond donors (Lipinski definition) is 2. The minimum atomic E-state index is 0.398. The third-order valence-electron chi connectivity index (χ3n) is 2.95. The van der Waals surface area contributed by atoms with Gasteiger partial charge in [0.15, 0.2) is 11.0 Å². The monoisotopic (exact) mass is 260 g/mol. The Morgan fingerprint density at radius 1 is 1.17 bits per heavy atom. The number of nitrogens with one attached hydrogen (secondary N) is 2. The van der Waals surface area contributed by atoms with Gasteiger partial charge in [-0.1, -0.05) is 11.6 Å². The Morgan fingerprint density at radius 3 is 2.94 bits per heavy atom. The number of anilines is 3. The number of aromatic nitrogens is 2. The molecular weight excluding hydrogens is 248 g/mol. The maximum absolute atomic E-state index is 5.70. The zero-order chi connectivity index (χ0) is 12.4. The van der Waals surface area contributed by atoms with E-state index in [-0.39, 0.29) is 0 Å². The molecule has 18 heavy (non-hydrogen) atoms. The van der Waals surface area contributed by atoms with E-state index in [1.807, 2.05) is 12.1 Å². The molecule has 4 nitrogen and oxygen atoms in total. The third-order valence-corrected chi connectivity index (χ3v) is 3.15. The number of hydrogen-bond acceptors (Lipinski definition) is 4. The molecule has 0 fully saturated rings. The molecule has 2 heterocycles. The summed E-state index contributed by atoms with van der Waals surface area (Å²) in [7, 11) is 0. The van der Waals surface area contributed by atoms with E-state index in [1.165, 1.54) is 17.7 Å². The average molecular weight is 261 g/mol. The van der Waals surface area contributed by atoms with Crippen LogP contribution in [-0.4, -0.2) is 16.7 Å². The first-order valence-electron chi connectivity index (χ1n) is 5.94. The quantitative estimate of drug-likeness (QED) is 0.870. The number of rotatable bonds is 2. The van der Waals surface area contributed by atoms with Crippen molar-refractivity contribution < 1.29 is 0 Å². The third kappa shape index (κ3) is 2.38. The fraction of sp³-hybridized carbons (Fsp3) is 0.231. The molecule has 0 saturated carbocycles. The maximum Gasteiger partial charge on any atom is 0.153 e. The van der Waals surface area contributed by atoms with Crippen molar-refractivity contribution in [2.75, 3.05) is 17.2 Å². The van der Waals surface area contributed by atoms with Crippen LogP contribution in [0.15, 0.2) is 30.3 Å². The van der Waals surface area contributed by atoms with Crippen LogP contribution >= 0.6 is 11.6 Å². The molecule has 0 spiro atoms. The molecule has 2 N–H and O–H groups in total. The van der Waals surface area contributed by atoms with Crippen LogP contribution in [0.2, 0.25) is 5.15 Å². The highest BCUT2D eigenvalue weighted by atomic mass is 35.5. The van der Waals surface area contributed by atoms with Crippen LogP contribution in [0.1, 0.15) is 12.0 Å². The molecule has 0 bridgehead atoms. The van der Waals surface area contributed by atoms with Gasteiger partial charge < -0.3 is 10.6 Å². The molecule has 0 saturated heterocycles. The van der Waals surface area contributed by atoms with Crippen LogP contribution in [0, 0.1) is 0 Å². The van der Waals surface area contributed by atoms with Crippen molar-refractivity contribution in [2.24, 2.45) is 0 Å². The van der Waals surface area contributed by atoms with Crippen molar-refractivity contribution in [1.82, 2.24) is 10.2 Å². The summed E-state index contributed by atoms with van der Waals surface area (Å²) in [6.07, 6.45) is 2.29. The lowest BCUT2D eigenvalue weighted by molar-refractivity contribution is 0.830. The van der Waals surface area contributed by atoms with Gasteiger partial charge in [0.25, 0.3) is 0 Å². The molecule has 92 valence electrons. The topological polar surface area (TPSA) is 49.8 Å². The van der Waals surface area contributed by atoms with Gasteiger partial charge >= 0.3 is 0 Å². The van der Waals surface area contributed by atoms with E-state index in [1.54, 1.807) is 6.07 Å². The van der Waals surface area contributed by atoms with E-state index >= 15 is 0 Å². The van der Waals surface area contributed by atoms with Crippen LogP contribution in [0.25, 0.3) is 0 Å². The van der Waals surface area contributed by atoms with Crippen LogP contribution in [0.3, 0.4) is 0 Å². The molecule has 3 rings (SSSR count). The Morgan fingerprint density at radius 2 is 2.11 bits per heavy atom. The molecule has 1 aromatic heterocycles. The molecule has 0 radical (unpaired) electrons. The van der Waals surface area contributed by atoms with E-state index in [0.29, 0.717) is 11.0 Å². The summed E-state index contributed by atoms with van der Waals surface area (Å²) in [6.45, 7) is 1.06. The smallest absolute Gasteiger partial charge is 0.153 e. The van der Waals surface area contributed by atoms with Crippen molar-refractivity contribution in [3.63, 3.8) is 0 Å². The first-order valence-corrected chi connectivity index (χ1v) is 6.32. The summed E-state index contributed by atoms with van der Waals surface area (Å²) >= 11 is 5.70. The fourth-order valence-electron chi connectivity index (χ4n) is 2.08. The lowest BCUT2D eigenvalue weighted by atomic mass is 10.0. The van der Waals surface area contributed by atoms with E-state index in [2.05, 4.69) is 33.0 Å². The molecular formula is C13H13ClN4. The second-order valence-corrected chi connectivity index (χ2v) is 4.66. The van der Waals surface area contributed by atoms with Crippen LogP contribution in [0.5, 0.6) is 0 Å². The Labute approximate surface area is 110 Å². The van der Waals surface area contributed by atoms with Crippen molar-refractivity contribution in [1.29, 1.82) is 0 Å². The largest absolute Gasteiger partial charge is 0.385 e. The Bertz CT molecular complexity index is 553. The standard InChI is InChI=1S/C13H13ClN4/c14-12-5-6-13(18-17-12)16-10-3-4-11-9(8-10)2-1-7-15-11/h3-6,8,15H,1-2,7H2,(H,16,18). The van der Waals surface area contributed by atoms with Crippen molar-refractivity contribution >= 4 is 28.8 Å². The van der Waals surface area contributed by atoms with Gasteiger partial charge in [-0.05, 0) is 48.7 Å². The minimum absolute atomic E-state index is 0.398. The van der Waals surface area contributed by atoms with Gasteiger partial charge in [0.1, 0.15) is 0 Å². The zero-order valence-corrected chi connectivity index (χ0v) is 10.5. The maximum atomic E-state index is 5.70. The Hall–Kier alpha value is -1.81. The van der Waals surface area contributed by atoms with E-state index in [4.69, 9.17) is 11.6 Å². The molecule has 0 amide bonds. The normalized spacial score (nSPS) is 13.6. The molecule has 5 heteroatoms. The number of halogens is 1. The summed E-state index contributed by atoms with van der Waals surface area (Å²) < 4.78 is 0. The number of benzene rings is 1. The highest BCUT2D eigenvalue weighted by Crippen LogP contribution is 2.26. The molecule has 1 aliphatic heterocycles. The van der Waals surface area contributed by atoms with Crippen LogP contribution < -0.4 is 10.6 Å². The van der Waals surface area contributed by atoms with Gasteiger partial charge in [-0.15, -0.1) is 10.2 Å². The van der Waals surface area contributed by atoms with Crippen LogP contribution in [0.4, 0.5) is 17.2 Å². The van der Waals surface area contributed by atoms with E-state index in [0.717, 1.165) is 18.7 Å². The average Bonchev–Trinajstić information content (AvgIpc) is 2.41. The van der Waals surface area contributed by atoms with Crippen LogP contribution in [-0.2, 0) is 6.42 Å². The highest BCUT2D eigenvalue weighted by molar-refractivity contribution is 6.29. The Balaban J connectivity index is 1.82. The Kier molecular flexibility index (Phi) is 3.02. The van der Waals surface area contributed by atoms with E-state index in [9.17, 15) is 0 Å². The molecule has 0 unspecified atom stereocenters. The minimum Gasteiger partial charge on any atom is -0.385 e. The molecule has 1 aliphatic rings. The van der Waals surface area contributed by atoms with E-state index < -0.39 is 0 Å². The lowest BCUT2D eigenvalue weighted by Gasteiger charge is -2.18. The molecule has 0 atom stereocenters.